The zero-order valence-corrected chi connectivity index (χ0v) is 12.9. The lowest BCUT2D eigenvalue weighted by molar-refractivity contribution is 0.417. The summed E-state index contributed by atoms with van der Waals surface area (Å²) >= 11 is 5.93. The van der Waals surface area contributed by atoms with E-state index in [0.29, 0.717) is 0 Å². The van der Waals surface area contributed by atoms with Gasteiger partial charge in [0.2, 0.25) is 0 Å². The van der Waals surface area contributed by atoms with Gasteiger partial charge in [0.25, 0.3) is 0 Å². The maximum atomic E-state index is 5.93. The largest absolute Gasteiger partial charge is 0.459 e. The Bertz CT molecular complexity index is 699. The molecule has 0 aliphatic carbocycles. The van der Waals surface area contributed by atoms with Crippen molar-refractivity contribution >= 4 is 22.6 Å². The molecule has 0 spiro atoms. The first kappa shape index (κ1) is 14.2. The predicted molar refractivity (Wildman–Crippen MR) is 87.6 cm³/mol. The molecule has 2 nitrogen and oxygen atoms in total. The second-order valence-corrected chi connectivity index (χ2v) is 5.78. The first-order valence-corrected chi connectivity index (χ1v) is 7.51. The average Bonchev–Trinajstić information content (AvgIpc) is 2.92. The van der Waals surface area contributed by atoms with Gasteiger partial charge in [-0.15, -0.1) is 0 Å². The molecule has 0 fully saturated rings. The van der Waals surface area contributed by atoms with E-state index in [1.165, 1.54) is 5.56 Å². The first-order chi connectivity index (χ1) is 10.1. The molecule has 0 aliphatic heterocycles. The summed E-state index contributed by atoms with van der Waals surface area (Å²) in [7, 11) is 0. The number of hydrogen-bond acceptors (Lipinski definition) is 2. The van der Waals surface area contributed by atoms with Gasteiger partial charge in [0, 0.05) is 16.5 Å². The molecular weight excluding hydrogens is 282 g/mol. The van der Waals surface area contributed by atoms with Crippen molar-refractivity contribution < 1.29 is 4.42 Å². The van der Waals surface area contributed by atoms with E-state index in [9.17, 15) is 0 Å². The molecule has 0 saturated heterocycles. The van der Waals surface area contributed by atoms with Crippen molar-refractivity contribution in [2.75, 3.05) is 0 Å². The van der Waals surface area contributed by atoms with Crippen LogP contribution >= 0.6 is 11.6 Å². The summed E-state index contributed by atoms with van der Waals surface area (Å²) in [6.07, 6.45) is 0. The standard InChI is InChI=1S/C18H18ClNO/c1-12(14-7-9-16(19)10-8-14)20-13(2)18-11-15-5-3-4-6-17(15)21-18/h3-13,20H,1-2H3. The van der Waals surface area contributed by atoms with E-state index in [4.69, 9.17) is 16.0 Å². The molecule has 2 atom stereocenters. The Hall–Kier alpha value is -1.77. The Morgan fingerprint density at radius 2 is 1.67 bits per heavy atom. The van der Waals surface area contributed by atoms with E-state index in [0.717, 1.165) is 21.8 Å². The summed E-state index contributed by atoms with van der Waals surface area (Å²) in [6.45, 7) is 4.26. The average molecular weight is 300 g/mol. The minimum atomic E-state index is 0.142. The summed E-state index contributed by atoms with van der Waals surface area (Å²) in [6, 6.07) is 18.5. The SMILES string of the molecule is CC(NC(C)c1cc2ccccc2o1)c1ccc(Cl)cc1. The normalized spacial score (nSPS) is 14.2. The summed E-state index contributed by atoms with van der Waals surface area (Å²) < 4.78 is 5.90. The van der Waals surface area contributed by atoms with Crippen LogP contribution in [0.5, 0.6) is 0 Å². The van der Waals surface area contributed by atoms with Gasteiger partial charge < -0.3 is 9.73 Å². The number of fused-ring (bicyclic) bond motifs is 1. The van der Waals surface area contributed by atoms with Gasteiger partial charge in [0.15, 0.2) is 0 Å². The molecule has 3 heteroatoms. The third-order valence-electron chi connectivity index (χ3n) is 3.74. The molecular formula is C18H18ClNO. The fourth-order valence-electron chi connectivity index (χ4n) is 2.52. The zero-order valence-electron chi connectivity index (χ0n) is 12.1. The van der Waals surface area contributed by atoms with Crippen LogP contribution in [0.1, 0.15) is 37.3 Å². The van der Waals surface area contributed by atoms with Crippen molar-refractivity contribution in [2.24, 2.45) is 0 Å². The van der Waals surface area contributed by atoms with Gasteiger partial charge in [-0.3, -0.25) is 0 Å². The van der Waals surface area contributed by atoms with Crippen LogP contribution in [0.25, 0.3) is 11.0 Å². The quantitative estimate of drug-likeness (QED) is 0.688. The molecule has 0 saturated carbocycles. The molecule has 3 aromatic rings. The Balaban J connectivity index is 1.75. The van der Waals surface area contributed by atoms with Gasteiger partial charge in [-0.2, -0.15) is 0 Å². The Morgan fingerprint density at radius 3 is 2.38 bits per heavy atom. The minimum Gasteiger partial charge on any atom is -0.459 e. The molecule has 108 valence electrons. The highest BCUT2D eigenvalue weighted by Gasteiger charge is 2.14. The molecule has 2 unspecified atom stereocenters. The predicted octanol–water partition coefficient (Wildman–Crippen LogP) is 5.50. The molecule has 1 heterocycles. The number of hydrogen-bond donors (Lipinski definition) is 1. The van der Waals surface area contributed by atoms with E-state index in [1.54, 1.807) is 0 Å². The number of rotatable bonds is 4. The highest BCUT2D eigenvalue weighted by molar-refractivity contribution is 6.30. The molecule has 0 amide bonds. The fraction of sp³-hybridized carbons (Fsp3) is 0.222. The number of furan rings is 1. The lowest BCUT2D eigenvalue weighted by atomic mass is 10.1. The summed E-state index contributed by atoms with van der Waals surface area (Å²) in [4.78, 5) is 0. The van der Waals surface area contributed by atoms with Crippen molar-refractivity contribution in [3.8, 4) is 0 Å². The van der Waals surface area contributed by atoms with Crippen LogP contribution in [0, 0.1) is 0 Å². The van der Waals surface area contributed by atoms with Gasteiger partial charge in [0.1, 0.15) is 11.3 Å². The van der Waals surface area contributed by atoms with Gasteiger partial charge in [-0.25, -0.2) is 0 Å². The first-order valence-electron chi connectivity index (χ1n) is 7.13. The van der Waals surface area contributed by atoms with Gasteiger partial charge in [-0.05, 0) is 43.7 Å². The highest BCUT2D eigenvalue weighted by atomic mass is 35.5. The van der Waals surface area contributed by atoms with Crippen molar-refractivity contribution in [3.05, 3.63) is 70.9 Å². The van der Waals surface area contributed by atoms with E-state index < -0.39 is 0 Å². The lowest BCUT2D eigenvalue weighted by Crippen LogP contribution is -2.22. The van der Waals surface area contributed by atoms with E-state index in [1.807, 2.05) is 42.5 Å². The molecule has 0 aliphatic rings. The summed E-state index contributed by atoms with van der Waals surface area (Å²) in [5.74, 6) is 0.956. The van der Waals surface area contributed by atoms with Crippen LogP contribution in [-0.2, 0) is 0 Å². The van der Waals surface area contributed by atoms with Crippen molar-refractivity contribution in [1.82, 2.24) is 5.32 Å². The van der Waals surface area contributed by atoms with E-state index in [-0.39, 0.29) is 12.1 Å². The second kappa shape index (κ2) is 5.92. The smallest absolute Gasteiger partial charge is 0.134 e. The number of halogens is 1. The van der Waals surface area contributed by atoms with Gasteiger partial charge >= 0.3 is 0 Å². The molecule has 3 rings (SSSR count). The molecule has 21 heavy (non-hydrogen) atoms. The monoisotopic (exact) mass is 299 g/mol. The van der Waals surface area contributed by atoms with Crippen LogP contribution in [0.3, 0.4) is 0 Å². The van der Waals surface area contributed by atoms with E-state index >= 15 is 0 Å². The molecule has 1 aromatic heterocycles. The summed E-state index contributed by atoms with van der Waals surface area (Å²) in [5.41, 5.74) is 2.14. The minimum absolute atomic E-state index is 0.142. The number of para-hydroxylation sites is 1. The molecule has 0 radical (unpaired) electrons. The second-order valence-electron chi connectivity index (χ2n) is 5.35. The van der Waals surface area contributed by atoms with Crippen LogP contribution in [0.4, 0.5) is 0 Å². The topological polar surface area (TPSA) is 25.2 Å². The maximum Gasteiger partial charge on any atom is 0.134 e. The Kier molecular flexibility index (Phi) is 4.00. The van der Waals surface area contributed by atoms with Crippen molar-refractivity contribution in [3.63, 3.8) is 0 Å². The maximum absolute atomic E-state index is 5.93. The number of benzene rings is 2. The van der Waals surface area contributed by atoms with Gasteiger partial charge in [0.05, 0.1) is 6.04 Å². The van der Waals surface area contributed by atoms with Crippen LogP contribution in [0.15, 0.2) is 59.0 Å². The summed E-state index contributed by atoms with van der Waals surface area (Å²) in [5, 5.41) is 5.46. The third kappa shape index (κ3) is 3.12. The fourth-order valence-corrected chi connectivity index (χ4v) is 2.65. The van der Waals surface area contributed by atoms with Crippen molar-refractivity contribution in [2.45, 2.75) is 25.9 Å². The van der Waals surface area contributed by atoms with E-state index in [2.05, 4.69) is 31.3 Å². The Labute approximate surface area is 129 Å². The van der Waals surface area contributed by atoms with Crippen LogP contribution in [-0.4, -0.2) is 0 Å². The number of nitrogens with one attached hydrogen (secondary N) is 1. The lowest BCUT2D eigenvalue weighted by Gasteiger charge is -2.19. The Morgan fingerprint density at radius 1 is 0.952 bits per heavy atom. The zero-order chi connectivity index (χ0) is 14.8. The third-order valence-corrected chi connectivity index (χ3v) is 3.99. The molecule has 0 bridgehead atoms. The van der Waals surface area contributed by atoms with Crippen molar-refractivity contribution in [1.29, 1.82) is 0 Å². The van der Waals surface area contributed by atoms with Gasteiger partial charge in [-0.1, -0.05) is 41.9 Å². The highest BCUT2D eigenvalue weighted by Crippen LogP contribution is 2.26. The van der Waals surface area contributed by atoms with Crippen LogP contribution < -0.4 is 5.32 Å². The molecule has 2 aromatic carbocycles. The van der Waals surface area contributed by atoms with Crippen LogP contribution in [0.2, 0.25) is 5.02 Å². The molecule has 1 N–H and O–H groups in total.